The number of hydrogen-bond donors (Lipinski definition) is 1. The second-order valence-electron chi connectivity index (χ2n) is 8.56. The third-order valence-corrected chi connectivity index (χ3v) is 6.91. The standard InChI is InChI=1S/C28H28ClN3O5S/c1-35-22-11-9-21(10-12-22)32-27(34)23(17-26(33)30-20-7-5-19(29)6-8-20)31(28(32)38)15-14-18-4-13-24(36-2)25(16-18)37-3/h4-13,16,23H,14-15,17H2,1-3H3,(H,30,33)/t23-/m1/s1. The van der Waals surface area contributed by atoms with E-state index < -0.39 is 6.04 Å². The molecule has 0 aromatic heterocycles. The van der Waals surface area contributed by atoms with Crippen molar-refractivity contribution in [1.82, 2.24) is 4.90 Å². The summed E-state index contributed by atoms with van der Waals surface area (Å²) < 4.78 is 16.0. The molecule has 1 N–H and O–H groups in total. The summed E-state index contributed by atoms with van der Waals surface area (Å²) in [5, 5.41) is 3.74. The number of nitrogens with zero attached hydrogens (tertiary/aromatic N) is 2. The number of carbonyl (C=O) groups excluding carboxylic acids is 2. The number of rotatable bonds is 10. The first kappa shape index (κ1) is 27.2. The van der Waals surface area contributed by atoms with Gasteiger partial charge in [0.15, 0.2) is 16.6 Å². The Balaban J connectivity index is 1.56. The van der Waals surface area contributed by atoms with Crippen LogP contribution in [-0.4, -0.2) is 55.7 Å². The van der Waals surface area contributed by atoms with Crippen LogP contribution in [0.25, 0.3) is 0 Å². The lowest BCUT2D eigenvalue weighted by Crippen LogP contribution is -2.39. The van der Waals surface area contributed by atoms with Gasteiger partial charge in [0.1, 0.15) is 11.8 Å². The molecule has 3 aromatic carbocycles. The second-order valence-corrected chi connectivity index (χ2v) is 9.36. The van der Waals surface area contributed by atoms with Gasteiger partial charge < -0.3 is 24.4 Å². The van der Waals surface area contributed by atoms with E-state index in [4.69, 9.17) is 38.0 Å². The van der Waals surface area contributed by atoms with Gasteiger partial charge in [-0.05, 0) is 84.9 Å². The lowest BCUT2D eigenvalue weighted by molar-refractivity contribution is -0.124. The summed E-state index contributed by atoms with van der Waals surface area (Å²) in [6, 6.07) is 18.8. The van der Waals surface area contributed by atoms with Crippen molar-refractivity contribution in [3.8, 4) is 17.2 Å². The van der Waals surface area contributed by atoms with Crippen molar-refractivity contribution < 1.29 is 23.8 Å². The summed E-state index contributed by atoms with van der Waals surface area (Å²) >= 11 is 11.7. The van der Waals surface area contributed by atoms with Crippen molar-refractivity contribution in [1.29, 1.82) is 0 Å². The fourth-order valence-electron chi connectivity index (χ4n) is 4.26. The molecular weight excluding hydrogens is 526 g/mol. The van der Waals surface area contributed by atoms with E-state index >= 15 is 0 Å². The van der Waals surface area contributed by atoms with Crippen molar-refractivity contribution in [2.75, 3.05) is 38.1 Å². The molecule has 10 heteroatoms. The van der Waals surface area contributed by atoms with Gasteiger partial charge in [0.25, 0.3) is 5.91 Å². The highest BCUT2D eigenvalue weighted by molar-refractivity contribution is 7.80. The smallest absolute Gasteiger partial charge is 0.256 e. The number of ether oxygens (including phenoxy) is 3. The largest absolute Gasteiger partial charge is 0.497 e. The number of methoxy groups -OCH3 is 3. The number of halogens is 1. The van der Waals surface area contributed by atoms with E-state index in [0.717, 1.165) is 5.56 Å². The quantitative estimate of drug-likeness (QED) is 0.356. The molecule has 8 nitrogen and oxygen atoms in total. The molecule has 0 radical (unpaired) electrons. The Morgan fingerprint density at radius 3 is 2.26 bits per heavy atom. The summed E-state index contributed by atoms with van der Waals surface area (Å²) in [5.41, 5.74) is 2.18. The summed E-state index contributed by atoms with van der Waals surface area (Å²) in [6.45, 7) is 0.422. The maximum atomic E-state index is 13.6. The van der Waals surface area contributed by atoms with E-state index in [1.54, 1.807) is 74.8 Å². The molecule has 2 amide bonds. The van der Waals surface area contributed by atoms with Crippen molar-refractivity contribution in [3.05, 3.63) is 77.3 Å². The summed E-state index contributed by atoms with van der Waals surface area (Å²) in [7, 11) is 4.74. The maximum absolute atomic E-state index is 13.6. The Kier molecular flexibility index (Phi) is 8.70. The fourth-order valence-corrected chi connectivity index (χ4v) is 4.80. The monoisotopic (exact) mass is 553 g/mol. The zero-order chi connectivity index (χ0) is 27.2. The highest BCUT2D eigenvalue weighted by Gasteiger charge is 2.44. The molecule has 198 valence electrons. The lowest BCUT2D eigenvalue weighted by Gasteiger charge is -2.24. The topological polar surface area (TPSA) is 80.3 Å². The first-order chi connectivity index (χ1) is 18.3. The SMILES string of the molecule is COc1ccc(N2C(=O)[C@@H](CC(=O)Nc3ccc(Cl)cc3)N(CCc3ccc(OC)c(OC)c3)C2=S)cc1. The zero-order valence-electron chi connectivity index (χ0n) is 21.3. The third-order valence-electron chi connectivity index (χ3n) is 6.25. The molecule has 0 bridgehead atoms. The van der Waals surface area contributed by atoms with Gasteiger partial charge in [-0.3, -0.25) is 14.5 Å². The number of nitrogens with one attached hydrogen (secondary N) is 1. The van der Waals surface area contributed by atoms with E-state index in [1.165, 1.54) is 4.90 Å². The molecule has 1 fully saturated rings. The molecule has 0 unspecified atom stereocenters. The minimum absolute atomic E-state index is 0.0693. The van der Waals surface area contributed by atoms with Gasteiger partial charge in [-0.15, -0.1) is 0 Å². The molecule has 1 aliphatic rings. The Bertz CT molecular complexity index is 1320. The van der Waals surface area contributed by atoms with Crippen LogP contribution in [0, 0.1) is 0 Å². The Hall–Kier alpha value is -3.82. The van der Waals surface area contributed by atoms with Gasteiger partial charge >= 0.3 is 0 Å². The summed E-state index contributed by atoms with van der Waals surface area (Å²) in [4.78, 5) is 29.9. The average Bonchev–Trinajstić information content (AvgIpc) is 3.16. The molecule has 1 saturated heterocycles. The van der Waals surface area contributed by atoms with Crippen LogP contribution >= 0.6 is 23.8 Å². The molecule has 1 heterocycles. The minimum atomic E-state index is -0.767. The van der Waals surface area contributed by atoms with E-state index in [-0.39, 0.29) is 18.2 Å². The molecule has 3 aromatic rings. The van der Waals surface area contributed by atoms with Crippen molar-refractivity contribution >= 4 is 52.1 Å². The van der Waals surface area contributed by atoms with Crippen LogP contribution in [0.2, 0.25) is 5.02 Å². The normalized spacial score (nSPS) is 15.0. The minimum Gasteiger partial charge on any atom is -0.497 e. The van der Waals surface area contributed by atoms with Crippen molar-refractivity contribution in [3.63, 3.8) is 0 Å². The molecule has 1 aliphatic heterocycles. The number of thiocarbonyl (C=S) groups is 1. The van der Waals surface area contributed by atoms with Gasteiger partial charge in [0.2, 0.25) is 5.91 Å². The Morgan fingerprint density at radius 2 is 1.63 bits per heavy atom. The molecule has 4 rings (SSSR count). The van der Waals surface area contributed by atoms with Crippen LogP contribution < -0.4 is 24.4 Å². The first-order valence-corrected chi connectivity index (χ1v) is 12.7. The molecule has 38 heavy (non-hydrogen) atoms. The fraction of sp³-hybridized carbons (Fsp3) is 0.250. The van der Waals surface area contributed by atoms with Crippen LogP contribution in [0.1, 0.15) is 12.0 Å². The third kappa shape index (κ3) is 6.00. The predicted molar refractivity (Wildman–Crippen MR) is 152 cm³/mol. The van der Waals surface area contributed by atoms with E-state index in [2.05, 4.69) is 5.32 Å². The first-order valence-electron chi connectivity index (χ1n) is 11.9. The number of benzene rings is 3. The molecule has 0 aliphatic carbocycles. The van der Waals surface area contributed by atoms with E-state index in [0.29, 0.717) is 51.7 Å². The lowest BCUT2D eigenvalue weighted by atomic mass is 10.1. The van der Waals surface area contributed by atoms with Gasteiger partial charge in [0, 0.05) is 17.3 Å². The van der Waals surface area contributed by atoms with Crippen molar-refractivity contribution in [2.45, 2.75) is 18.9 Å². The Morgan fingerprint density at radius 1 is 0.947 bits per heavy atom. The number of hydrogen-bond acceptors (Lipinski definition) is 6. The van der Waals surface area contributed by atoms with Gasteiger partial charge in [-0.1, -0.05) is 17.7 Å². The van der Waals surface area contributed by atoms with Crippen LogP contribution in [0.4, 0.5) is 11.4 Å². The Labute approximate surface area is 232 Å². The van der Waals surface area contributed by atoms with Crippen molar-refractivity contribution in [2.24, 2.45) is 0 Å². The van der Waals surface area contributed by atoms with Crippen LogP contribution in [-0.2, 0) is 16.0 Å². The summed E-state index contributed by atoms with van der Waals surface area (Å²) in [5.74, 6) is 1.34. The molecular formula is C28H28ClN3O5S. The second kappa shape index (κ2) is 12.1. The average molecular weight is 554 g/mol. The zero-order valence-corrected chi connectivity index (χ0v) is 22.8. The highest BCUT2D eigenvalue weighted by Crippen LogP contribution is 2.31. The predicted octanol–water partition coefficient (Wildman–Crippen LogP) is 4.94. The molecule has 0 spiro atoms. The van der Waals surface area contributed by atoms with Crippen LogP contribution in [0.15, 0.2) is 66.7 Å². The molecule has 1 atom stereocenters. The van der Waals surface area contributed by atoms with Crippen LogP contribution in [0.3, 0.4) is 0 Å². The number of carbonyl (C=O) groups is 2. The highest BCUT2D eigenvalue weighted by atomic mass is 35.5. The van der Waals surface area contributed by atoms with E-state index in [9.17, 15) is 9.59 Å². The number of amides is 2. The summed E-state index contributed by atoms with van der Waals surface area (Å²) in [6.07, 6.45) is 0.500. The van der Waals surface area contributed by atoms with Gasteiger partial charge in [0.05, 0.1) is 33.4 Å². The maximum Gasteiger partial charge on any atom is 0.256 e. The van der Waals surface area contributed by atoms with E-state index in [1.807, 2.05) is 18.2 Å². The van der Waals surface area contributed by atoms with Gasteiger partial charge in [-0.25, -0.2) is 0 Å². The van der Waals surface area contributed by atoms with Gasteiger partial charge in [-0.2, -0.15) is 0 Å². The molecule has 0 saturated carbocycles. The van der Waals surface area contributed by atoms with Crippen LogP contribution in [0.5, 0.6) is 17.2 Å². The number of anilines is 2.